The molecule has 0 fully saturated rings. The normalized spacial score (nSPS) is 11.4. The van der Waals surface area contributed by atoms with Crippen molar-refractivity contribution in [3.05, 3.63) is 54.1 Å². The molecule has 120 valence electrons. The fourth-order valence-corrected chi connectivity index (χ4v) is 2.02. The van der Waals surface area contributed by atoms with E-state index in [-0.39, 0.29) is 11.8 Å². The molecule has 1 unspecified atom stereocenters. The van der Waals surface area contributed by atoms with Crippen LogP contribution in [-0.4, -0.2) is 17.9 Å². The smallest absolute Gasteiger partial charge is 0.265 e. The highest BCUT2D eigenvalue weighted by Crippen LogP contribution is 2.21. The Kier molecular flexibility index (Phi) is 5.36. The van der Waals surface area contributed by atoms with Gasteiger partial charge in [0, 0.05) is 18.3 Å². The molecule has 0 saturated heterocycles. The molecule has 5 nitrogen and oxygen atoms in total. The van der Waals surface area contributed by atoms with Crippen LogP contribution in [0, 0.1) is 6.92 Å². The third-order valence-corrected chi connectivity index (χ3v) is 3.24. The summed E-state index contributed by atoms with van der Waals surface area (Å²) < 4.78 is 5.59. The van der Waals surface area contributed by atoms with E-state index in [0.717, 1.165) is 5.56 Å². The lowest BCUT2D eigenvalue weighted by atomic mass is 10.1. The average Bonchev–Trinajstić information content (AvgIpc) is 2.51. The van der Waals surface area contributed by atoms with Gasteiger partial charge in [-0.3, -0.25) is 9.59 Å². The average molecular weight is 312 g/mol. The zero-order valence-electron chi connectivity index (χ0n) is 13.4. The Balaban J connectivity index is 2.03. The van der Waals surface area contributed by atoms with Gasteiger partial charge in [-0.2, -0.15) is 0 Å². The maximum absolute atomic E-state index is 12.2. The van der Waals surface area contributed by atoms with E-state index in [1.54, 1.807) is 31.2 Å². The van der Waals surface area contributed by atoms with E-state index < -0.39 is 6.10 Å². The molecule has 0 aliphatic heterocycles. The molecule has 2 amide bonds. The van der Waals surface area contributed by atoms with E-state index in [1.165, 1.54) is 6.92 Å². The number of ether oxygens (including phenoxy) is 1. The zero-order chi connectivity index (χ0) is 16.8. The van der Waals surface area contributed by atoms with Gasteiger partial charge in [-0.05, 0) is 43.7 Å². The second-order valence-electron chi connectivity index (χ2n) is 5.27. The van der Waals surface area contributed by atoms with Crippen molar-refractivity contribution in [1.29, 1.82) is 0 Å². The second-order valence-corrected chi connectivity index (χ2v) is 5.27. The van der Waals surface area contributed by atoms with Crippen molar-refractivity contribution in [2.24, 2.45) is 0 Å². The highest BCUT2D eigenvalue weighted by atomic mass is 16.5. The summed E-state index contributed by atoms with van der Waals surface area (Å²) in [7, 11) is 0. The van der Waals surface area contributed by atoms with Crippen LogP contribution >= 0.6 is 0 Å². The molecule has 0 aliphatic rings. The van der Waals surface area contributed by atoms with Gasteiger partial charge in [0.25, 0.3) is 5.91 Å². The van der Waals surface area contributed by atoms with Crippen LogP contribution in [-0.2, 0) is 9.59 Å². The van der Waals surface area contributed by atoms with Gasteiger partial charge in [0.1, 0.15) is 5.75 Å². The maximum Gasteiger partial charge on any atom is 0.265 e. The van der Waals surface area contributed by atoms with Crippen LogP contribution in [0.15, 0.2) is 48.5 Å². The van der Waals surface area contributed by atoms with Crippen LogP contribution in [0.1, 0.15) is 19.4 Å². The minimum absolute atomic E-state index is 0.155. The van der Waals surface area contributed by atoms with E-state index >= 15 is 0 Å². The minimum atomic E-state index is -0.636. The fraction of sp³-hybridized carbons (Fsp3) is 0.222. The van der Waals surface area contributed by atoms with Gasteiger partial charge in [0.2, 0.25) is 5.91 Å². The Bertz CT molecular complexity index is 699. The molecule has 2 aromatic carbocycles. The first kappa shape index (κ1) is 16.5. The van der Waals surface area contributed by atoms with Gasteiger partial charge in [-0.15, -0.1) is 0 Å². The van der Waals surface area contributed by atoms with Gasteiger partial charge in [0.05, 0.1) is 0 Å². The lowest BCUT2D eigenvalue weighted by Gasteiger charge is -2.15. The number of benzene rings is 2. The summed E-state index contributed by atoms with van der Waals surface area (Å²) >= 11 is 0. The van der Waals surface area contributed by atoms with Gasteiger partial charge in [-0.1, -0.05) is 24.3 Å². The summed E-state index contributed by atoms with van der Waals surface area (Å²) in [5, 5.41) is 5.52. The lowest BCUT2D eigenvalue weighted by Crippen LogP contribution is -2.30. The zero-order valence-corrected chi connectivity index (χ0v) is 13.4. The molecule has 0 bridgehead atoms. The number of carbonyl (C=O) groups is 2. The van der Waals surface area contributed by atoms with Crippen LogP contribution in [0.5, 0.6) is 5.75 Å². The number of amides is 2. The van der Waals surface area contributed by atoms with E-state index in [0.29, 0.717) is 17.1 Å². The van der Waals surface area contributed by atoms with Crippen LogP contribution in [0.4, 0.5) is 11.4 Å². The number of para-hydroxylation sites is 1. The lowest BCUT2D eigenvalue weighted by molar-refractivity contribution is -0.122. The molecule has 0 spiro atoms. The molecule has 0 heterocycles. The Morgan fingerprint density at radius 2 is 1.74 bits per heavy atom. The van der Waals surface area contributed by atoms with Crippen molar-refractivity contribution >= 4 is 23.2 Å². The van der Waals surface area contributed by atoms with E-state index in [4.69, 9.17) is 4.74 Å². The SMILES string of the molecule is CC(=O)Nc1cc(NC(=O)C(C)Oc2ccccc2)ccc1C. The molecule has 0 aliphatic carbocycles. The first-order valence-corrected chi connectivity index (χ1v) is 7.36. The number of hydrogen-bond donors (Lipinski definition) is 2. The monoisotopic (exact) mass is 312 g/mol. The predicted octanol–water partition coefficient (Wildman–Crippen LogP) is 3.36. The van der Waals surface area contributed by atoms with Gasteiger partial charge in [0.15, 0.2) is 6.10 Å². The number of carbonyl (C=O) groups excluding carboxylic acids is 2. The predicted molar refractivity (Wildman–Crippen MR) is 90.6 cm³/mol. The van der Waals surface area contributed by atoms with E-state index in [9.17, 15) is 9.59 Å². The van der Waals surface area contributed by atoms with Crippen LogP contribution < -0.4 is 15.4 Å². The molecule has 5 heteroatoms. The number of aryl methyl sites for hydroxylation is 1. The van der Waals surface area contributed by atoms with Crippen molar-refractivity contribution in [2.45, 2.75) is 26.9 Å². The van der Waals surface area contributed by atoms with Crippen molar-refractivity contribution in [2.75, 3.05) is 10.6 Å². The molecule has 2 rings (SSSR count). The molecule has 1 atom stereocenters. The summed E-state index contributed by atoms with van der Waals surface area (Å²) in [6.07, 6.45) is -0.636. The van der Waals surface area contributed by atoms with E-state index in [2.05, 4.69) is 10.6 Å². The second kappa shape index (κ2) is 7.45. The van der Waals surface area contributed by atoms with E-state index in [1.807, 2.05) is 31.2 Å². The minimum Gasteiger partial charge on any atom is -0.481 e. The first-order valence-electron chi connectivity index (χ1n) is 7.36. The summed E-state index contributed by atoms with van der Waals surface area (Å²) in [5.41, 5.74) is 2.20. The third-order valence-electron chi connectivity index (χ3n) is 3.24. The van der Waals surface area contributed by atoms with Crippen molar-refractivity contribution < 1.29 is 14.3 Å². The van der Waals surface area contributed by atoms with Crippen molar-refractivity contribution in [3.63, 3.8) is 0 Å². The Labute approximate surface area is 135 Å². The summed E-state index contributed by atoms with van der Waals surface area (Å²) in [6.45, 7) is 5.02. The Morgan fingerprint density at radius 3 is 2.39 bits per heavy atom. The standard InChI is InChI=1S/C18H20N2O3/c1-12-9-10-15(11-17(12)19-14(3)21)20-18(22)13(2)23-16-7-5-4-6-8-16/h4-11,13H,1-3H3,(H,19,21)(H,20,22). The quantitative estimate of drug-likeness (QED) is 0.889. The fourth-order valence-electron chi connectivity index (χ4n) is 2.02. The topological polar surface area (TPSA) is 67.4 Å². The number of nitrogens with one attached hydrogen (secondary N) is 2. The highest BCUT2D eigenvalue weighted by molar-refractivity contribution is 5.96. The molecule has 0 saturated carbocycles. The molecule has 2 N–H and O–H groups in total. The number of rotatable bonds is 5. The Hall–Kier alpha value is -2.82. The maximum atomic E-state index is 12.2. The number of anilines is 2. The van der Waals surface area contributed by atoms with Crippen LogP contribution in [0.2, 0.25) is 0 Å². The molecule has 0 aromatic heterocycles. The van der Waals surface area contributed by atoms with Crippen LogP contribution in [0.3, 0.4) is 0 Å². The van der Waals surface area contributed by atoms with Crippen LogP contribution in [0.25, 0.3) is 0 Å². The molecular formula is C18H20N2O3. The Morgan fingerprint density at radius 1 is 1.04 bits per heavy atom. The third kappa shape index (κ3) is 4.85. The molecular weight excluding hydrogens is 292 g/mol. The summed E-state index contributed by atoms with van der Waals surface area (Å²) in [4.78, 5) is 23.4. The summed E-state index contributed by atoms with van der Waals surface area (Å²) in [6, 6.07) is 14.5. The van der Waals surface area contributed by atoms with Crippen molar-refractivity contribution in [1.82, 2.24) is 0 Å². The van der Waals surface area contributed by atoms with Gasteiger partial charge < -0.3 is 15.4 Å². The number of hydrogen-bond acceptors (Lipinski definition) is 3. The highest BCUT2D eigenvalue weighted by Gasteiger charge is 2.15. The summed E-state index contributed by atoms with van der Waals surface area (Å²) in [5.74, 6) is 0.224. The van der Waals surface area contributed by atoms with Gasteiger partial charge >= 0.3 is 0 Å². The first-order chi connectivity index (χ1) is 11.0. The molecule has 0 radical (unpaired) electrons. The van der Waals surface area contributed by atoms with Gasteiger partial charge in [-0.25, -0.2) is 0 Å². The van der Waals surface area contributed by atoms with Crippen molar-refractivity contribution in [3.8, 4) is 5.75 Å². The molecule has 23 heavy (non-hydrogen) atoms. The largest absolute Gasteiger partial charge is 0.481 e. The molecule has 2 aromatic rings.